The third-order valence-corrected chi connectivity index (χ3v) is 15.6. The minimum atomic E-state index is 0. The minimum absolute atomic E-state index is 0. The first-order valence-corrected chi connectivity index (χ1v) is 33.7. The standard InChI is InChI=1S/C74H122N2.Ni/c1-5-9-13-16-19-22-25-28-31-34-36-39-42-45-48-51-54-57-69-61-65-71(66-62-69)75-73(59-12-8-4)74(60-56-53-50-47-44-41-38-33-30-27-24-21-18-15-11-7-3)76-72-67-63-70(64-68-72)58-55-52-49-46-43-40-37-35-32-29-26-23-20-17-14-10-6-2;/h56,60-68H,5-53,59H2,1-4H3;. The summed E-state index contributed by atoms with van der Waals surface area (Å²) in [5.41, 5.74) is 6.15. The van der Waals surface area contributed by atoms with E-state index in [2.05, 4.69) is 112 Å². The third kappa shape index (κ3) is 46.6. The van der Waals surface area contributed by atoms with Crippen LogP contribution in [0.25, 0.3) is 0 Å². The zero-order valence-corrected chi connectivity index (χ0v) is 52.3. The smallest absolute Gasteiger partial charge is 0.0848 e. The van der Waals surface area contributed by atoms with Gasteiger partial charge in [0.1, 0.15) is 0 Å². The Morgan fingerprint density at radius 1 is 0.325 bits per heavy atom. The molecule has 0 bridgehead atoms. The van der Waals surface area contributed by atoms with Crippen molar-refractivity contribution in [3.63, 3.8) is 0 Å². The number of allylic oxidation sites excluding steroid dienone is 2. The van der Waals surface area contributed by atoms with Crippen molar-refractivity contribution in [3.05, 3.63) is 71.8 Å². The summed E-state index contributed by atoms with van der Waals surface area (Å²) in [4.78, 5) is 10.6. The molecule has 3 heteroatoms. The molecule has 0 N–H and O–H groups in total. The van der Waals surface area contributed by atoms with E-state index < -0.39 is 0 Å². The number of hydrogen-bond donors (Lipinski definition) is 0. The molecule has 0 unspecified atom stereocenters. The second-order valence-electron chi connectivity index (χ2n) is 23.0. The first-order valence-electron chi connectivity index (χ1n) is 33.7. The van der Waals surface area contributed by atoms with Gasteiger partial charge in [0.2, 0.25) is 0 Å². The SMILES string of the molecule is CCCCCCCCCCCCCCCCC=CC(=Nc1ccc(C#CCCCCCCCCCCCCCCCCC)cc1)C(CCCC)=Nc1ccc(C#CCCCCCCCCCCCCCCCCC)cc1.[Ni]. The first-order chi connectivity index (χ1) is 37.7. The fourth-order valence-corrected chi connectivity index (χ4v) is 10.5. The van der Waals surface area contributed by atoms with Crippen molar-refractivity contribution in [1.29, 1.82) is 0 Å². The largest absolute Gasteiger partial charge is 0.251 e. The van der Waals surface area contributed by atoms with Gasteiger partial charge in [-0.25, -0.2) is 4.99 Å². The van der Waals surface area contributed by atoms with Crippen molar-refractivity contribution in [1.82, 2.24) is 0 Å². The summed E-state index contributed by atoms with van der Waals surface area (Å²) in [7, 11) is 0. The Morgan fingerprint density at radius 2 is 0.597 bits per heavy atom. The third-order valence-electron chi connectivity index (χ3n) is 15.6. The van der Waals surface area contributed by atoms with Crippen LogP contribution < -0.4 is 0 Å². The number of hydrogen-bond acceptors (Lipinski definition) is 2. The van der Waals surface area contributed by atoms with E-state index in [1.165, 1.54) is 283 Å². The molecule has 2 rings (SSSR count). The summed E-state index contributed by atoms with van der Waals surface area (Å²) in [5, 5.41) is 0. The van der Waals surface area contributed by atoms with Gasteiger partial charge >= 0.3 is 0 Å². The van der Waals surface area contributed by atoms with Crippen molar-refractivity contribution in [2.24, 2.45) is 9.98 Å². The average molecular weight is 1100 g/mol. The zero-order valence-electron chi connectivity index (χ0n) is 51.3. The normalized spacial score (nSPS) is 11.7. The predicted octanol–water partition coefficient (Wildman–Crippen LogP) is 25.4. The van der Waals surface area contributed by atoms with Crippen LogP contribution in [0.3, 0.4) is 0 Å². The van der Waals surface area contributed by atoms with Crippen LogP contribution in [0.1, 0.15) is 360 Å². The van der Waals surface area contributed by atoms with Gasteiger partial charge in [-0.1, -0.05) is 327 Å². The van der Waals surface area contributed by atoms with Gasteiger partial charge < -0.3 is 0 Å². The van der Waals surface area contributed by atoms with E-state index in [0.717, 1.165) is 72.4 Å². The van der Waals surface area contributed by atoms with Gasteiger partial charge in [0, 0.05) is 40.5 Å². The second-order valence-corrected chi connectivity index (χ2v) is 23.0. The molecule has 0 heterocycles. The number of aliphatic imine (C=N–C) groups is 2. The molecule has 0 fully saturated rings. The number of unbranched alkanes of at least 4 members (excludes halogenated alkanes) is 45. The molecular formula is C74H122N2Ni. The fraction of sp³-hybridized carbons (Fsp3) is 0.730. The monoisotopic (exact) mass is 1100 g/mol. The number of rotatable bonds is 52. The average Bonchev–Trinajstić information content (AvgIpc) is 3.44. The molecule has 0 aliphatic heterocycles. The Labute approximate surface area is 490 Å². The molecule has 0 aliphatic rings. The fourth-order valence-electron chi connectivity index (χ4n) is 10.5. The van der Waals surface area contributed by atoms with Crippen molar-refractivity contribution in [2.45, 2.75) is 349 Å². The van der Waals surface area contributed by atoms with E-state index in [0.29, 0.717) is 0 Å². The summed E-state index contributed by atoms with van der Waals surface area (Å²) < 4.78 is 0. The molecule has 2 nitrogen and oxygen atoms in total. The van der Waals surface area contributed by atoms with Crippen LogP contribution in [0.15, 0.2) is 70.7 Å². The van der Waals surface area contributed by atoms with Gasteiger partial charge in [-0.3, -0.25) is 4.99 Å². The predicted molar refractivity (Wildman–Crippen MR) is 344 cm³/mol. The van der Waals surface area contributed by atoms with Crippen molar-refractivity contribution in [3.8, 4) is 23.7 Å². The molecule has 0 amide bonds. The molecule has 0 saturated carbocycles. The van der Waals surface area contributed by atoms with E-state index in [1.807, 2.05) is 0 Å². The molecule has 438 valence electrons. The van der Waals surface area contributed by atoms with Crippen molar-refractivity contribution in [2.75, 3.05) is 0 Å². The maximum absolute atomic E-state index is 5.30. The summed E-state index contributed by atoms with van der Waals surface area (Å²) in [6.45, 7) is 9.18. The van der Waals surface area contributed by atoms with Gasteiger partial charge in [-0.05, 0) is 93.1 Å². The molecule has 77 heavy (non-hydrogen) atoms. The Kier molecular flexibility index (Phi) is 54.2. The Balaban J connectivity index is 0.0000296. The Morgan fingerprint density at radius 3 is 0.909 bits per heavy atom. The minimum Gasteiger partial charge on any atom is -0.251 e. The van der Waals surface area contributed by atoms with E-state index in [1.54, 1.807) is 0 Å². The summed E-state index contributed by atoms with van der Waals surface area (Å²) in [6, 6.07) is 17.2. The summed E-state index contributed by atoms with van der Waals surface area (Å²) in [5.74, 6) is 13.8. The molecule has 0 saturated heterocycles. The van der Waals surface area contributed by atoms with Crippen LogP contribution in [0.4, 0.5) is 11.4 Å². The van der Waals surface area contributed by atoms with Crippen LogP contribution in [0.5, 0.6) is 0 Å². The van der Waals surface area contributed by atoms with Gasteiger partial charge in [0.05, 0.1) is 22.8 Å². The van der Waals surface area contributed by atoms with Gasteiger partial charge in [0.25, 0.3) is 0 Å². The number of benzene rings is 2. The van der Waals surface area contributed by atoms with Crippen LogP contribution in [-0.2, 0) is 16.5 Å². The zero-order chi connectivity index (χ0) is 54.1. The molecule has 2 aromatic carbocycles. The summed E-state index contributed by atoms with van der Waals surface area (Å²) in [6.07, 6.45) is 72.1. The van der Waals surface area contributed by atoms with E-state index in [-0.39, 0.29) is 16.5 Å². The Hall–Kier alpha value is -2.87. The molecule has 0 atom stereocenters. The molecule has 0 radical (unpaired) electrons. The topological polar surface area (TPSA) is 24.7 Å². The summed E-state index contributed by atoms with van der Waals surface area (Å²) >= 11 is 0. The van der Waals surface area contributed by atoms with Crippen LogP contribution in [-0.4, -0.2) is 11.4 Å². The second kappa shape index (κ2) is 57.8. The quantitative estimate of drug-likeness (QED) is 0.0273. The molecule has 2 aromatic rings. The Bertz CT molecular complexity index is 1780. The molecule has 0 spiro atoms. The van der Waals surface area contributed by atoms with Gasteiger partial charge in [-0.2, -0.15) is 0 Å². The van der Waals surface area contributed by atoms with E-state index in [4.69, 9.17) is 9.98 Å². The van der Waals surface area contributed by atoms with Crippen molar-refractivity contribution >= 4 is 22.8 Å². The van der Waals surface area contributed by atoms with Crippen LogP contribution in [0, 0.1) is 23.7 Å². The maximum Gasteiger partial charge on any atom is 0.0848 e. The van der Waals surface area contributed by atoms with E-state index >= 15 is 0 Å². The number of nitrogens with zero attached hydrogens (tertiary/aromatic N) is 2. The maximum atomic E-state index is 5.30. The van der Waals surface area contributed by atoms with Crippen LogP contribution in [0.2, 0.25) is 0 Å². The molecule has 0 aliphatic carbocycles. The van der Waals surface area contributed by atoms with E-state index in [9.17, 15) is 0 Å². The van der Waals surface area contributed by atoms with Crippen molar-refractivity contribution < 1.29 is 16.5 Å². The van der Waals surface area contributed by atoms with Crippen LogP contribution >= 0.6 is 0 Å². The molecule has 0 aromatic heterocycles. The first kappa shape index (κ1) is 72.1. The van der Waals surface area contributed by atoms with Gasteiger partial charge in [0.15, 0.2) is 0 Å². The molecular weight excluding hydrogens is 976 g/mol. The van der Waals surface area contributed by atoms with Gasteiger partial charge in [-0.15, -0.1) is 0 Å².